The Hall–Kier alpha value is -2.20. The van der Waals surface area contributed by atoms with Gasteiger partial charge in [0.1, 0.15) is 5.01 Å². The summed E-state index contributed by atoms with van der Waals surface area (Å²) in [6, 6.07) is 7.64. The average molecular weight is 270 g/mol. The van der Waals surface area contributed by atoms with E-state index in [1.807, 2.05) is 48.7 Å². The second-order valence-corrected chi connectivity index (χ2v) is 4.68. The first-order valence-electron chi connectivity index (χ1n) is 5.90. The normalized spacial score (nSPS) is 11.2. The van der Waals surface area contributed by atoms with Crippen LogP contribution in [-0.2, 0) is 4.79 Å². The van der Waals surface area contributed by atoms with Crippen molar-refractivity contribution in [1.82, 2.24) is 4.98 Å². The molecule has 3 nitrogen and oxygen atoms in total. The Labute approximate surface area is 116 Å². The fourth-order valence-electron chi connectivity index (χ4n) is 1.50. The molecule has 1 aromatic carbocycles. The summed E-state index contributed by atoms with van der Waals surface area (Å²) in [5, 5.41) is 5.72. The van der Waals surface area contributed by atoms with E-state index >= 15 is 0 Å². The van der Waals surface area contributed by atoms with E-state index in [4.69, 9.17) is 0 Å². The highest BCUT2D eigenvalue weighted by Crippen LogP contribution is 2.23. The predicted octanol–water partition coefficient (Wildman–Crippen LogP) is 3.88. The number of allylic oxidation sites excluding steroid dienone is 3. The summed E-state index contributed by atoms with van der Waals surface area (Å²) in [6.45, 7) is 1.90. The molecule has 0 aliphatic rings. The summed E-state index contributed by atoms with van der Waals surface area (Å²) in [6.07, 6.45) is 8.66. The van der Waals surface area contributed by atoms with Crippen LogP contribution < -0.4 is 5.32 Å². The molecule has 0 aliphatic heterocycles. The van der Waals surface area contributed by atoms with Crippen LogP contribution in [0.15, 0.2) is 60.1 Å². The average Bonchev–Trinajstić information content (AvgIpc) is 2.94. The molecule has 19 heavy (non-hydrogen) atoms. The second kappa shape index (κ2) is 6.66. The Kier molecular flexibility index (Phi) is 4.64. The van der Waals surface area contributed by atoms with Crippen LogP contribution in [0.25, 0.3) is 10.6 Å². The van der Waals surface area contributed by atoms with Crippen LogP contribution >= 0.6 is 11.3 Å². The van der Waals surface area contributed by atoms with Crippen LogP contribution in [0.5, 0.6) is 0 Å². The third kappa shape index (κ3) is 3.89. The number of rotatable bonds is 4. The number of amides is 1. The lowest BCUT2D eigenvalue weighted by molar-refractivity contribution is -0.111. The molecule has 0 spiro atoms. The molecular weight excluding hydrogens is 256 g/mol. The number of carbonyl (C=O) groups is 1. The maximum atomic E-state index is 11.6. The lowest BCUT2D eigenvalue weighted by Crippen LogP contribution is -2.07. The SMILES string of the molecule is C/C=C/C=C/C(=O)Nc1ccc(-c2nccs2)cc1. The van der Waals surface area contributed by atoms with Gasteiger partial charge in [0, 0.05) is 28.9 Å². The van der Waals surface area contributed by atoms with Crippen LogP contribution in [0.3, 0.4) is 0 Å². The number of anilines is 1. The van der Waals surface area contributed by atoms with Gasteiger partial charge in [-0.25, -0.2) is 4.98 Å². The molecule has 0 radical (unpaired) electrons. The van der Waals surface area contributed by atoms with Gasteiger partial charge in [0.25, 0.3) is 0 Å². The van der Waals surface area contributed by atoms with Gasteiger partial charge < -0.3 is 5.32 Å². The van der Waals surface area contributed by atoms with E-state index in [-0.39, 0.29) is 5.91 Å². The molecule has 1 N–H and O–H groups in total. The Balaban J connectivity index is 2.01. The van der Waals surface area contributed by atoms with Crippen LogP contribution in [0.4, 0.5) is 5.69 Å². The minimum atomic E-state index is -0.139. The van der Waals surface area contributed by atoms with Crippen molar-refractivity contribution in [2.75, 3.05) is 5.32 Å². The molecule has 1 amide bonds. The Morgan fingerprint density at radius 2 is 2.05 bits per heavy atom. The molecule has 1 aromatic heterocycles. The topological polar surface area (TPSA) is 42.0 Å². The zero-order valence-corrected chi connectivity index (χ0v) is 11.4. The molecule has 4 heteroatoms. The zero-order chi connectivity index (χ0) is 13.5. The molecule has 0 saturated heterocycles. The van der Waals surface area contributed by atoms with Crippen LogP contribution in [0, 0.1) is 0 Å². The van der Waals surface area contributed by atoms with Crippen molar-refractivity contribution in [2.24, 2.45) is 0 Å². The molecule has 0 bridgehead atoms. The summed E-state index contributed by atoms with van der Waals surface area (Å²) >= 11 is 1.59. The van der Waals surface area contributed by atoms with Gasteiger partial charge in [-0.3, -0.25) is 4.79 Å². The summed E-state index contributed by atoms with van der Waals surface area (Å²) < 4.78 is 0. The van der Waals surface area contributed by atoms with E-state index in [0.29, 0.717) is 0 Å². The smallest absolute Gasteiger partial charge is 0.248 e. The van der Waals surface area contributed by atoms with Crippen molar-refractivity contribution in [3.63, 3.8) is 0 Å². The fraction of sp³-hybridized carbons (Fsp3) is 0.0667. The van der Waals surface area contributed by atoms with Crippen molar-refractivity contribution in [2.45, 2.75) is 6.92 Å². The van der Waals surface area contributed by atoms with E-state index < -0.39 is 0 Å². The second-order valence-electron chi connectivity index (χ2n) is 3.79. The van der Waals surface area contributed by atoms with Crippen molar-refractivity contribution in [3.05, 3.63) is 60.1 Å². The minimum Gasteiger partial charge on any atom is -0.323 e. The first-order valence-corrected chi connectivity index (χ1v) is 6.78. The molecule has 2 aromatic rings. The molecule has 0 fully saturated rings. The largest absolute Gasteiger partial charge is 0.323 e. The van der Waals surface area contributed by atoms with E-state index in [9.17, 15) is 4.79 Å². The van der Waals surface area contributed by atoms with E-state index in [2.05, 4.69) is 10.3 Å². The summed E-state index contributed by atoms with van der Waals surface area (Å²) in [4.78, 5) is 15.8. The van der Waals surface area contributed by atoms with Gasteiger partial charge in [0.15, 0.2) is 0 Å². The maximum absolute atomic E-state index is 11.6. The molecular formula is C15H14N2OS. The highest BCUT2D eigenvalue weighted by Gasteiger charge is 2.01. The van der Waals surface area contributed by atoms with Crippen molar-refractivity contribution in [3.8, 4) is 10.6 Å². The van der Waals surface area contributed by atoms with Gasteiger partial charge in [-0.1, -0.05) is 18.2 Å². The first kappa shape index (κ1) is 13.2. The van der Waals surface area contributed by atoms with Crippen LogP contribution in [0.1, 0.15) is 6.92 Å². The number of benzene rings is 1. The quantitative estimate of drug-likeness (QED) is 0.676. The third-order valence-corrected chi connectivity index (χ3v) is 3.21. The fourth-order valence-corrected chi connectivity index (χ4v) is 2.14. The standard InChI is InChI=1S/C15H14N2OS/c1-2-3-4-5-14(18)17-13-8-6-12(7-9-13)15-16-10-11-19-15/h2-11H,1H3,(H,17,18)/b3-2+,5-4+. The predicted molar refractivity (Wildman–Crippen MR) is 80.1 cm³/mol. The monoisotopic (exact) mass is 270 g/mol. The molecule has 0 unspecified atom stereocenters. The van der Waals surface area contributed by atoms with E-state index in [1.54, 1.807) is 23.6 Å². The van der Waals surface area contributed by atoms with Gasteiger partial charge in [-0.05, 0) is 31.2 Å². The molecule has 96 valence electrons. The minimum absolute atomic E-state index is 0.139. The van der Waals surface area contributed by atoms with Crippen molar-refractivity contribution in [1.29, 1.82) is 0 Å². The van der Waals surface area contributed by atoms with Gasteiger partial charge >= 0.3 is 0 Å². The number of hydrogen-bond acceptors (Lipinski definition) is 3. The number of hydrogen-bond donors (Lipinski definition) is 1. The van der Waals surface area contributed by atoms with Gasteiger partial charge in [-0.2, -0.15) is 0 Å². The lowest BCUT2D eigenvalue weighted by atomic mass is 10.2. The van der Waals surface area contributed by atoms with Crippen molar-refractivity contribution >= 4 is 22.9 Å². The third-order valence-electron chi connectivity index (χ3n) is 2.38. The Bertz CT molecular complexity index is 583. The Morgan fingerprint density at radius 1 is 1.26 bits per heavy atom. The van der Waals surface area contributed by atoms with Gasteiger partial charge in [-0.15, -0.1) is 11.3 Å². The number of aromatic nitrogens is 1. The molecule has 0 aliphatic carbocycles. The van der Waals surface area contributed by atoms with Gasteiger partial charge in [0.2, 0.25) is 5.91 Å². The molecule has 0 atom stereocenters. The lowest BCUT2D eigenvalue weighted by Gasteiger charge is -2.02. The van der Waals surface area contributed by atoms with Crippen LogP contribution in [-0.4, -0.2) is 10.9 Å². The molecule has 2 rings (SSSR count). The summed E-state index contributed by atoms with van der Waals surface area (Å²) in [5.41, 5.74) is 1.83. The zero-order valence-electron chi connectivity index (χ0n) is 10.5. The van der Waals surface area contributed by atoms with Gasteiger partial charge in [0.05, 0.1) is 0 Å². The number of carbonyl (C=O) groups excluding carboxylic acids is 1. The maximum Gasteiger partial charge on any atom is 0.248 e. The highest BCUT2D eigenvalue weighted by molar-refractivity contribution is 7.13. The van der Waals surface area contributed by atoms with Crippen molar-refractivity contribution < 1.29 is 4.79 Å². The van der Waals surface area contributed by atoms with E-state index in [0.717, 1.165) is 16.3 Å². The van der Waals surface area contributed by atoms with Crippen LogP contribution in [0.2, 0.25) is 0 Å². The number of nitrogens with one attached hydrogen (secondary N) is 1. The number of thiazole rings is 1. The summed E-state index contributed by atoms with van der Waals surface area (Å²) in [5.74, 6) is -0.139. The molecule has 0 saturated carbocycles. The highest BCUT2D eigenvalue weighted by atomic mass is 32.1. The van der Waals surface area contributed by atoms with E-state index in [1.165, 1.54) is 6.08 Å². The number of nitrogens with zero attached hydrogens (tertiary/aromatic N) is 1. The Morgan fingerprint density at radius 3 is 2.68 bits per heavy atom. The summed E-state index contributed by atoms with van der Waals surface area (Å²) in [7, 11) is 0. The first-order chi connectivity index (χ1) is 9.29. The molecule has 1 heterocycles.